The molecule has 0 fully saturated rings. The molecular formula is C20H36Cl3NO. The fraction of sp³-hybridized carbons (Fsp3) is 0.850. The molecule has 5 heteroatoms. The third kappa shape index (κ3) is 13.0. The number of rotatable bonds is 16. The van der Waals surface area contributed by atoms with Gasteiger partial charge in [0, 0.05) is 18.6 Å². The largest absolute Gasteiger partial charge is 0.336 e. The smallest absolute Gasteiger partial charge is 0.259 e. The number of halogens is 3. The molecule has 0 N–H and O–H groups in total. The molecule has 0 bridgehead atoms. The Morgan fingerprint density at radius 3 is 1.88 bits per heavy atom. The normalized spacial score (nSPS) is 12.0. The first-order chi connectivity index (χ1) is 12.0. The van der Waals surface area contributed by atoms with Crippen LogP contribution in [0.4, 0.5) is 0 Å². The van der Waals surface area contributed by atoms with E-state index in [0.29, 0.717) is 19.5 Å². The first-order valence-corrected chi connectivity index (χ1v) is 11.1. The number of alkyl halides is 2. The lowest BCUT2D eigenvalue weighted by Crippen LogP contribution is -2.42. The Bertz CT molecular complexity index is 359. The van der Waals surface area contributed by atoms with E-state index >= 15 is 0 Å². The van der Waals surface area contributed by atoms with E-state index in [1.54, 1.807) is 11.0 Å². The van der Waals surface area contributed by atoms with Crippen LogP contribution in [0.3, 0.4) is 0 Å². The zero-order valence-electron chi connectivity index (χ0n) is 16.0. The number of nitrogens with zero attached hydrogens (tertiary/aromatic N) is 1. The van der Waals surface area contributed by atoms with Gasteiger partial charge in [-0.3, -0.25) is 4.79 Å². The molecule has 0 aromatic rings. The molecule has 148 valence electrons. The predicted molar refractivity (Wildman–Crippen MR) is 113 cm³/mol. The minimum Gasteiger partial charge on any atom is -0.336 e. The van der Waals surface area contributed by atoms with E-state index in [9.17, 15) is 4.79 Å². The van der Waals surface area contributed by atoms with Crippen molar-refractivity contribution in [2.45, 2.75) is 95.2 Å². The maximum Gasteiger partial charge on any atom is 0.259 e. The molecular weight excluding hydrogens is 377 g/mol. The highest BCUT2D eigenvalue weighted by Crippen LogP contribution is 2.30. The van der Waals surface area contributed by atoms with Crippen molar-refractivity contribution >= 4 is 40.7 Å². The summed E-state index contributed by atoms with van der Waals surface area (Å²) in [5.74, 6) is -0.205. The van der Waals surface area contributed by atoms with Gasteiger partial charge < -0.3 is 4.90 Å². The van der Waals surface area contributed by atoms with Crippen molar-refractivity contribution < 1.29 is 4.79 Å². The molecule has 0 radical (unpaired) electrons. The summed E-state index contributed by atoms with van der Waals surface area (Å²) >= 11 is 18.2. The molecule has 1 amide bonds. The average molecular weight is 413 g/mol. The molecule has 0 atom stereocenters. The third-order valence-electron chi connectivity index (χ3n) is 4.35. The Kier molecular flexibility index (Phi) is 16.3. The molecule has 25 heavy (non-hydrogen) atoms. The standard InChI is InChI=1S/C20H36Cl3NO/c1-3-5-6-7-8-9-10-11-12-13-15-20(22,23)19(25)24(17-4-2)18-14-16-21/h14,16H,3-13,15,17-18H2,1-2H3/b16-14+. The summed E-state index contributed by atoms with van der Waals surface area (Å²) in [5.41, 5.74) is 1.42. The number of amides is 1. The quantitative estimate of drug-likeness (QED) is 0.190. The summed E-state index contributed by atoms with van der Waals surface area (Å²) in [6.45, 7) is 5.36. The van der Waals surface area contributed by atoms with E-state index in [-0.39, 0.29) is 5.91 Å². The minimum atomic E-state index is -1.32. The van der Waals surface area contributed by atoms with Crippen molar-refractivity contribution in [2.75, 3.05) is 13.1 Å². The van der Waals surface area contributed by atoms with Crippen LogP contribution in [0.5, 0.6) is 0 Å². The summed E-state index contributed by atoms with van der Waals surface area (Å²) in [7, 11) is 0. The highest BCUT2D eigenvalue weighted by Gasteiger charge is 2.36. The number of hydrogen-bond acceptors (Lipinski definition) is 1. The monoisotopic (exact) mass is 411 g/mol. The third-order valence-corrected chi connectivity index (χ3v) is 5.23. The second kappa shape index (κ2) is 16.3. The second-order valence-corrected chi connectivity index (χ2v) is 8.49. The molecule has 0 aliphatic rings. The molecule has 0 saturated carbocycles. The lowest BCUT2D eigenvalue weighted by atomic mass is 10.0. The topological polar surface area (TPSA) is 20.3 Å². The van der Waals surface area contributed by atoms with Crippen LogP contribution in [0.25, 0.3) is 0 Å². The van der Waals surface area contributed by atoms with Gasteiger partial charge in [-0.15, -0.1) is 0 Å². The summed E-state index contributed by atoms with van der Waals surface area (Å²) in [4.78, 5) is 14.2. The Balaban J connectivity index is 3.95. The van der Waals surface area contributed by atoms with Gasteiger partial charge in [-0.2, -0.15) is 0 Å². The Labute approximate surface area is 170 Å². The second-order valence-electron chi connectivity index (χ2n) is 6.75. The van der Waals surface area contributed by atoms with Crippen molar-refractivity contribution in [2.24, 2.45) is 0 Å². The molecule has 0 spiro atoms. The number of carbonyl (C=O) groups is 1. The van der Waals surface area contributed by atoms with E-state index in [1.165, 1.54) is 56.9 Å². The van der Waals surface area contributed by atoms with Crippen LogP contribution in [0.1, 0.15) is 90.9 Å². The minimum absolute atomic E-state index is 0.205. The summed E-state index contributed by atoms with van der Waals surface area (Å²) in [6, 6.07) is 0. The molecule has 0 aliphatic carbocycles. The molecule has 0 saturated heterocycles. The van der Waals surface area contributed by atoms with Crippen molar-refractivity contribution in [3.63, 3.8) is 0 Å². The maximum absolute atomic E-state index is 12.5. The number of unbranched alkanes of at least 4 members (excludes halogenated alkanes) is 9. The number of hydrogen-bond donors (Lipinski definition) is 0. The van der Waals surface area contributed by atoms with Gasteiger partial charge in [-0.05, 0) is 19.3 Å². The zero-order valence-corrected chi connectivity index (χ0v) is 18.3. The van der Waals surface area contributed by atoms with Gasteiger partial charge in [-0.25, -0.2) is 0 Å². The SMILES string of the molecule is CCCCCCCCCCCCC(Cl)(Cl)C(=O)N(C/C=C/Cl)CCC. The van der Waals surface area contributed by atoms with Crippen LogP contribution in [0, 0.1) is 0 Å². The summed E-state index contributed by atoms with van der Waals surface area (Å²) < 4.78 is -1.32. The summed E-state index contributed by atoms with van der Waals surface area (Å²) in [6.07, 6.45) is 15.6. The molecule has 0 aromatic heterocycles. The zero-order chi connectivity index (χ0) is 19.0. The van der Waals surface area contributed by atoms with E-state index in [1.807, 2.05) is 6.92 Å². The highest BCUT2D eigenvalue weighted by molar-refractivity contribution is 6.58. The molecule has 0 aromatic carbocycles. The van der Waals surface area contributed by atoms with Gasteiger partial charge in [0.25, 0.3) is 5.91 Å². The Morgan fingerprint density at radius 2 is 1.40 bits per heavy atom. The predicted octanol–water partition coefficient (Wildman–Crippen LogP) is 7.46. The van der Waals surface area contributed by atoms with Gasteiger partial charge in [0.2, 0.25) is 0 Å². The molecule has 0 heterocycles. The van der Waals surface area contributed by atoms with Crippen LogP contribution in [0.2, 0.25) is 0 Å². The van der Waals surface area contributed by atoms with Crippen LogP contribution in [0.15, 0.2) is 11.6 Å². The van der Waals surface area contributed by atoms with Crippen LogP contribution < -0.4 is 0 Å². The van der Waals surface area contributed by atoms with Crippen LogP contribution >= 0.6 is 34.8 Å². The van der Waals surface area contributed by atoms with Gasteiger partial charge in [0.15, 0.2) is 4.33 Å². The van der Waals surface area contributed by atoms with Gasteiger partial charge >= 0.3 is 0 Å². The lowest BCUT2D eigenvalue weighted by molar-refractivity contribution is -0.131. The fourth-order valence-electron chi connectivity index (χ4n) is 2.89. The Morgan fingerprint density at radius 1 is 0.880 bits per heavy atom. The van der Waals surface area contributed by atoms with E-state index in [0.717, 1.165) is 19.3 Å². The van der Waals surface area contributed by atoms with E-state index in [4.69, 9.17) is 34.8 Å². The first-order valence-electron chi connectivity index (χ1n) is 9.92. The Hall–Kier alpha value is 0.0800. The van der Waals surface area contributed by atoms with Crippen LogP contribution in [-0.4, -0.2) is 28.2 Å². The summed E-state index contributed by atoms with van der Waals surface area (Å²) in [5, 5.41) is 0. The molecule has 2 nitrogen and oxygen atoms in total. The van der Waals surface area contributed by atoms with Gasteiger partial charge in [0.1, 0.15) is 0 Å². The molecule has 0 unspecified atom stereocenters. The van der Waals surface area contributed by atoms with E-state index in [2.05, 4.69) is 6.92 Å². The fourth-order valence-corrected chi connectivity index (χ4v) is 3.47. The number of carbonyl (C=O) groups excluding carboxylic acids is 1. The van der Waals surface area contributed by atoms with Gasteiger partial charge in [0.05, 0.1) is 0 Å². The van der Waals surface area contributed by atoms with Gasteiger partial charge in [-0.1, -0.05) is 113 Å². The lowest BCUT2D eigenvalue weighted by Gasteiger charge is -2.28. The molecule has 0 aliphatic heterocycles. The first kappa shape index (κ1) is 25.1. The maximum atomic E-state index is 12.5. The molecule has 0 rings (SSSR count). The van der Waals surface area contributed by atoms with Crippen molar-refractivity contribution in [3.8, 4) is 0 Å². The highest BCUT2D eigenvalue weighted by atomic mass is 35.5. The van der Waals surface area contributed by atoms with Crippen molar-refractivity contribution in [1.82, 2.24) is 4.90 Å². The average Bonchev–Trinajstić information content (AvgIpc) is 2.59. The van der Waals surface area contributed by atoms with Crippen molar-refractivity contribution in [3.05, 3.63) is 11.6 Å². The van der Waals surface area contributed by atoms with Crippen LogP contribution in [-0.2, 0) is 4.79 Å². The van der Waals surface area contributed by atoms with E-state index < -0.39 is 4.33 Å². The van der Waals surface area contributed by atoms with Crippen molar-refractivity contribution in [1.29, 1.82) is 0 Å².